The molecule has 44 heavy (non-hydrogen) atoms. The molecule has 0 bridgehead atoms. The smallest absolute Gasteiger partial charge is 0.244 e. The van der Waals surface area contributed by atoms with Crippen molar-refractivity contribution >= 4 is 27.5 Å². The highest BCUT2D eigenvalue weighted by atomic mass is 32.2. The summed E-state index contributed by atoms with van der Waals surface area (Å²) in [5.41, 5.74) is 1.91. The van der Waals surface area contributed by atoms with E-state index in [9.17, 15) is 18.0 Å². The van der Waals surface area contributed by atoms with E-state index >= 15 is 0 Å². The lowest BCUT2D eigenvalue weighted by molar-refractivity contribution is -0.140. The number of nitrogens with one attached hydrogen (secondary N) is 1. The molecule has 0 spiro atoms. The number of nitrogens with zero attached hydrogens (tertiary/aromatic N) is 2. The summed E-state index contributed by atoms with van der Waals surface area (Å²) in [6.07, 6.45) is 4.13. The van der Waals surface area contributed by atoms with Crippen molar-refractivity contribution in [3.05, 3.63) is 83.9 Å². The molecular weight excluding hydrogens is 582 g/mol. The van der Waals surface area contributed by atoms with Crippen molar-refractivity contribution in [2.75, 3.05) is 30.5 Å². The summed E-state index contributed by atoms with van der Waals surface area (Å²) in [6, 6.07) is 20.8. The molecule has 1 heterocycles. The molecule has 2 amide bonds. The van der Waals surface area contributed by atoms with Crippen LogP contribution in [-0.4, -0.2) is 63.4 Å². The van der Waals surface area contributed by atoms with Crippen molar-refractivity contribution in [3.63, 3.8) is 0 Å². The first-order valence-electron chi connectivity index (χ1n) is 14.9. The second kappa shape index (κ2) is 14.0. The SMILES string of the molecule is CCS(=O)(=O)N(CC(=O)N(Cc1cccc(OC)c1)C(Cc1ccccc1)C(=O)NC1CCCC1)c1ccc2c(c1)OCO2. The zero-order valence-corrected chi connectivity index (χ0v) is 25.9. The van der Waals surface area contributed by atoms with Crippen molar-refractivity contribution in [1.29, 1.82) is 0 Å². The van der Waals surface area contributed by atoms with Crippen LogP contribution < -0.4 is 23.8 Å². The minimum atomic E-state index is -3.90. The molecule has 1 aliphatic heterocycles. The van der Waals surface area contributed by atoms with Gasteiger partial charge in [0.2, 0.25) is 28.6 Å². The fraction of sp³-hybridized carbons (Fsp3) is 0.394. The molecule has 5 rings (SSSR count). The van der Waals surface area contributed by atoms with Gasteiger partial charge in [0, 0.05) is 25.1 Å². The topological polar surface area (TPSA) is 114 Å². The predicted molar refractivity (Wildman–Crippen MR) is 167 cm³/mol. The van der Waals surface area contributed by atoms with E-state index in [1.54, 1.807) is 31.4 Å². The van der Waals surface area contributed by atoms with Gasteiger partial charge in [-0.15, -0.1) is 0 Å². The number of carbonyl (C=O) groups is 2. The van der Waals surface area contributed by atoms with E-state index in [1.807, 2.05) is 48.5 Å². The number of anilines is 1. The van der Waals surface area contributed by atoms with Gasteiger partial charge in [-0.05, 0) is 55.2 Å². The van der Waals surface area contributed by atoms with Crippen molar-refractivity contribution < 1.29 is 32.2 Å². The lowest BCUT2D eigenvalue weighted by atomic mass is 10.0. The number of benzene rings is 3. The number of sulfonamides is 1. The van der Waals surface area contributed by atoms with Gasteiger partial charge in [0.05, 0.1) is 18.6 Å². The molecule has 11 heteroatoms. The summed E-state index contributed by atoms with van der Waals surface area (Å²) in [4.78, 5) is 29.9. The van der Waals surface area contributed by atoms with Crippen LogP contribution in [0.15, 0.2) is 72.8 Å². The van der Waals surface area contributed by atoms with Crippen LogP contribution >= 0.6 is 0 Å². The molecule has 234 valence electrons. The van der Waals surface area contributed by atoms with Crippen molar-refractivity contribution in [2.45, 2.75) is 57.7 Å². The molecule has 1 aliphatic carbocycles. The molecule has 0 saturated heterocycles. The number of rotatable bonds is 13. The number of fused-ring (bicyclic) bond motifs is 1. The molecule has 1 saturated carbocycles. The van der Waals surface area contributed by atoms with E-state index in [-0.39, 0.29) is 43.1 Å². The van der Waals surface area contributed by atoms with Crippen molar-refractivity contribution in [2.24, 2.45) is 0 Å². The molecule has 10 nitrogen and oxygen atoms in total. The Kier molecular flexibility index (Phi) is 9.94. The molecule has 1 N–H and O–H groups in total. The molecule has 0 aromatic heterocycles. The van der Waals surface area contributed by atoms with E-state index in [1.165, 1.54) is 11.8 Å². The first kappa shape index (κ1) is 31.2. The summed E-state index contributed by atoms with van der Waals surface area (Å²) >= 11 is 0. The summed E-state index contributed by atoms with van der Waals surface area (Å²) in [6.45, 7) is 1.14. The Morgan fingerprint density at radius 2 is 1.68 bits per heavy atom. The Bertz CT molecular complexity index is 1560. The first-order chi connectivity index (χ1) is 21.3. The van der Waals surface area contributed by atoms with E-state index < -0.39 is 28.5 Å². The van der Waals surface area contributed by atoms with Crippen LogP contribution in [0.5, 0.6) is 17.2 Å². The van der Waals surface area contributed by atoms with Crippen LogP contribution in [-0.2, 0) is 32.6 Å². The largest absolute Gasteiger partial charge is 0.497 e. The Balaban J connectivity index is 1.53. The highest BCUT2D eigenvalue weighted by Gasteiger charge is 2.35. The molecule has 1 atom stereocenters. The number of amides is 2. The Morgan fingerprint density at radius 3 is 2.41 bits per heavy atom. The zero-order chi connectivity index (χ0) is 31.1. The quantitative estimate of drug-likeness (QED) is 0.303. The number of methoxy groups -OCH3 is 1. The maximum absolute atomic E-state index is 14.4. The third-order valence-electron chi connectivity index (χ3n) is 8.08. The third kappa shape index (κ3) is 7.45. The third-order valence-corrected chi connectivity index (χ3v) is 9.82. The maximum atomic E-state index is 14.4. The molecule has 1 fully saturated rings. The monoisotopic (exact) mass is 621 g/mol. The first-order valence-corrected chi connectivity index (χ1v) is 16.5. The summed E-state index contributed by atoms with van der Waals surface area (Å²) in [5.74, 6) is 0.521. The van der Waals surface area contributed by atoms with E-state index in [0.29, 0.717) is 17.2 Å². The molecule has 0 radical (unpaired) electrons. The fourth-order valence-corrected chi connectivity index (χ4v) is 6.70. The maximum Gasteiger partial charge on any atom is 0.244 e. The van der Waals surface area contributed by atoms with Gasteiger partial charge in [0.15, 0.2) is 11.5 Å². The van der Waals surface area contributed by atoms with Gasteiger partial charge in [-0.25, -0.2) is 8.42 Å². The van der Waals surface area contributed by atoms with Crippen LogP contribution in [0.2, 0.25) is 0 Å². The van der Waals surface area contributed by atoms with Gasteiger partial charge >= 0.3 is 0 Å². The fourth-order valence-electron chi connectivity index (χ4n) is 5.65. The minimum Gasteiger partial charge on any atom is -0.497 e. The number of hydrogen-bond donors (Lipinski definition) is 1. The van der Waals surface area contributed by atoms with Crippen LogP contribution in [0.25, 0.3) is 0 Å². The van der Waals surface area contributed by atoms with E-state index in [2.05, 4.69) is 5.32 Å². The summed E-state index contributed by atoms with van der Waals surface area (Å²) in [7, 11) is -2.33. The number of carbonyl (C=O) groups excluding carboxylic acids is 2. The van der Waals surface area contributed by atoms with Crippen LogP contribution in [0.1, 0.15) is 43.7 Å². The Morgan fingerprint density at radius 1 is 0.955 bits per heavy atom. The minimum absolute atomic E-state index is 0.0316. The van der Waals surface area contributed by atoms with Gasteiger partial charge in [-0.3, -0.25) is 13.9 Å². The highest BCUT2D eigenvalue weighted by Crippen LogP contribution is 2.36. The van der Waals surface area contributed by atoms with Gasteiger partial charge in [-0.2, -0.15) is 0 Å². The highest BCUT2D eigenvalue weighted by molar-refractivity contribution is 7.92. The Hall–Kier alpha value is -4.25. The van der Waals surface area contributed by atoms with Gasteiger partial charge in [0.1, 0.15) is 18.3 Å². The standard InChI is InChI=1S/C33H39N3O7S/c1-3-44(39,40)36(27-16-17-30-31(20-27)43-23-42-30)22-32(37)35(21-25-12-9-15-28(18-25)41-2)29(19-24-10-5-4-6-11-24)33(38)34-26-13-7-8-14-26/h4-6,9-12,15-18,20,26,29H,3,7-8,13-14,19,21-23H2,1-2H3,(H,34,38). The van der Waals surface area contributed by atoms with Crippen LogP contribution in [0.3, 0.4) is 0 Å². The lowest BCUT2D eigenvalue weighted by Crippen LogP contribution is -2.54. The molecular formula is C33H39N3O7S. The molecule has 2 aliphatic rings. The van der Waals surface area contributed by atoms with Crippen LogP contribution in [0.4, 0.5) is 5.69 Å². The normalized spacial score (nSPS) is 15.0. The van der Waals surface area contributed by atoms with E-state index in [0.717, 1.165) is 41.1 Å². The lowest BCUT2D eigenvalue weighted by Gasteiger charge is -2.34. The average Bonchev–Trinajstić information content (AvgIpc) is 3.74. The zero-order valence-electron chi connectivity index (χ0n) is 25.1. The molecule has 1 unspecified atom stereocenters. The second-order valence-electron chi connectivity index (χ2n) is 11.0. The Labute approximate surface area is 259 Å². The summed E-state index contributed by atoms with van der Waals surface area (Å²) in [5, 5.41) is 3.18. The summed E-state index contributed by atoms with van der Waals surface area (Å²) < 4.78 is 44.2. The van der Waals surface area contributed by atoms with Crippen molar-refractivity contribution in [3.8, 4) is 17.2 Å². The second-order valence-corrected chi connectivity index (χ2v) is 13.2. The molecule has 3 aromatic rings. The van der Waals surface area contributed by atoms with Gasteiger partial charge in [0.25, 0.3) is 0 Å². The van der Waals surface area contributed by atoms with Crippen molar-refractivity contribution in [1.82, 2.24) is 10.2 Å². The van der Waals surface area contributed by atoms with Crippen LogP contribution in [0, 0.1) is 0 Å². The van der Waals surface area contributed by atoms with Gasteiger partial charge in [-0.1, -0.05) is 55.3 Å². The number of hydrogen-bond acceptors (Lipinski definition) is 7. The molecule has 3 aromatic carbocycles. The average molecular weight is 622 g/mol. The van der Waals surface area contributed by atoms with E-state index in [4.69, 9.17) is 14.2 Å². The predicted octanol–water partition coefficient (Wildman–Crippen LogP) is 4.28. The number of ether oxygens (including phenoxy) is 3. The van der Waals surface area contributed by atoms with Gasteiger partial charge < -0.3 is 24.4 Å².